The van der Waals surface area contributed by atoms with Crippen LogP contribution in [0.2, 0.25) is 0 Å². The van der Waals surface area contributed by atoms with Crippen LogP contribution in [0.1, 0.15) is 28.9 Å². The smallest absolute Gasteiger partial charge is 0.270 e. The lowest BCUT2D eigenvalue weighted by Crippen LogP contribution is -2.62. The maximum Gasteiger partial charge on any atom is 0.270 e. The van der Waals surface area contributed by atoms with E-state index < -0.39 is 5.54 Å². The number of amidine groups is 1. The summed E-state index contributed by atoms with van der Waals surface area (Å²) in [6.45, 7) is 3.35. The maximum absolute atomic E-state index is 12.5. The molecule has 0 saturated carbocycles. The summed E-state index contributed by atoms with van der Waals surface area (Å²) in [7, 11) is 2.00. The van der Waals surface area contributed by atoms with Crippen LogP contribution in [0.3, 0.4) is 0 Å². The SMILES string of the molecule is Cc1cccnc1C(=O)NC1(C(N)=NO)CCN(C)CC1. The Morgan fingerprint density at radius 3 is 2.76 bits per heavy atom. The number of hydrogen-bond donors (Lipinski definition) is 3. The quantitative estimate of drug-likeness (QED) is 0.322. The second-order valence-corrected chi connectivity index (χ2v) is 5.49. The van der Waals surface area contributed by atoms with Crippen molar-refractivity contribution in [2.24, 2.45) is 10.9 Å². The van der Waals surface area contributed by atoms with E-state index in [9.17, 15) is 4.79 Å². The number of oxime groups is 1. The summed E-state index contributed by atoms with van der Waals surface area (Å²) in [5.74, 6) is -0.262. The first-order chi connectivity index (χ1) is 9.98. The number of carbonyl (C=O) groups excluding carboxylic acids is 1. The second kappa shape index (κ2) is 6.09. The Hall–Kier alpha value is -2.15. The molecule has 0 aliphatic carbocycles. The van der Waals surface area contributed by atoms with Gasteiger partial charge in [0, 0.05) is 19.3 Å². The number of rotatable bonds is 3. The molecule has 4 N–H and O–H groups in total. The van der Waals surface area contributed by atoms with Gasteiger partial charge in [0.2, 0.25) is 0 Å². The van der Waals surface area contributed by atoms with Gasteiger partial charge in [-0.2, -0.15) is 0 Å². The van der Waals surface area contributed by atoms with Crippen molar-refractivity contribution in [2.75, 3.05) is 20.1 Å². The van der Waals surface area contributed by atoms with E-state index in [0.717, 1.165) is 18.7 Å². The average Bonchev–Trinajstić information content (AvgIpc) is 2.49. The molecule has 1 aliphatic heterocycles. The standard InChI is InChI=1S/C14H21N5O2/c1-10-4-3-7-16-11(10)12(20)17-14(13(15)18-21)5-8-19(2)9-6-14/h3-4,7,21H,5-6,8-9H2,1-2H3,(H2,15,18)(H,17,20). The molecule has 1 aromatic rings. The molecular weight excluding hydrogens is 270 g/mol. The summed E-state index contributed by atoms with van der Waals surface area (Å²) in [5, 5.41) is 15.1. The normalized spacial score (nSPS) is 19.2. The Bertz CT molecular complexity index is 550. The van der Waals surface area contributed by atoms with Gasteiger partial charge in [-0.3, -0.25) is 9.78 Å². The number of hydrogen-bond acceptors (Lipinski definition) is 5. The van der Waals surface area contributed by atoms with Gasteiger partial charge < -0.3 is 21.2 Å². The van der Waals surface area contributed by atoms with Crippen molar-refractivity contribution in [3.05, 3.63) is 29.6 Å². The van der Waals surface area contributed by atoms with Crippen molar-refractivity contribution >= 4 is 11.7 Å². The number of nitrogens with zero attached hydrogens (tertiary/aromatic N) is 3. The Balaban J connectivity index is 2.24. The molecular formula is C14H21N5O2. The third kappa shape index (κ3) is 3.13. The monoisotopic (exact) mass is 291 g/mol. The topological polar surface area (TPSA) is 104 Å². The Morgan fingerprint density at radius 1 is 1.52 bits per heavy atom. The van der Waals surface area contributed by atoms with Crippen LogP contribution in [0.4, 0.5) is 0 Å². The van der Waals surface area contributed by atoms with Crippen molar-refractivity contribution in [3.63, 3.8) is 0 Å². The van der Waals surface area contributed by atoms with Crippen molar-refractivity contribution in [3.8, 4) is 0 Å². The molecule has 0 radical (unpaired) electrons. The van der Waals surface area contributed by atoms with Crippen molar-refractivity contribution in [2.45, 2.75) is 25.3 Å². The van der Waals surface area contributed by atoms with E-state index in [4.69, 9.17) is 10.9 Å². The van der Waals surface area contributed by atoms with E-state index in [1.165, 1.54) is 0 Å². The molecule has 1 aliphatic rings. The number of nitrogens with one attached hydrogen (secondary N) is 1. The predicted molar refractivity (Wildman–Crippen MR) is 79.3 cm³/mol. The Kier molecular flexibility index (Phi) is 4.42. The second-order valence-electron chi connectivity index (χ2n) is 5.49. The number of aryl methyl sites for hydroxylation is 1. The number of piperidine rings is 1. The van der Waals surface area contributed by atoms with E-state index >= 15 is 0 Å². The lowest BCUT2D eigenvalue weighted by molar-refractivity contribution is 0.0880. The van der Waals surface area contributed by atoms with E-state index in [0.29, 0.717) is 18.5 Å². The van der Waals surface area contributed by atoms with Gasteiger partial charge in [0.15, 0.2) is 5.84 Å². The molecule has 21 heavy (non-hydrogen) atoms. The minimum absolute atomic E-state index is 0.0394. The number of pyridine rings is 1. The van der Waals surface area contributed by atoms with Crippen molar-refractivity contribution < 1.29 is 10.0 Å². The summed E-state index contributed by atoms with van der Waals surface area (Å²) in [4.78, 5) is 18.7. The van der Waals surface area contributed by atoms with Crippen molar-refractivity contribution in [1.82, 2.24) is 15.2 Å². The lowest BCUT2D eigenvalue weighted by Gasteiger charge is -2.40. The van der Waals surface area contributed by atoms with Gasteiger partial charge in [-0.05, 0) is 38.4 Å². The summed E-state index contributed by atoms with van der Waals surface area (Å²) in [5.41, 5.74) is 6.17. The molecule has 7 heteroatoms. The first-order valence-electron chi connectivity index (χ1n) is 6.89. The van der Waals surface area contributed by atoms with Crippen LogP contribution in [0.15, 0.2) is 23.5 Å². The molecule has 2 heterocycles. The maximum atomic E-state index is 12.5. The number of aromatic nitrogens is 1. The molecule has 0 atom stereocenters. The van der Waals surface area contributed by atoms with Gasteiger partial charge in [-0.15, -0.1) is 0 Å². The summed E-state index contributed by atoms with van der Waals surface area (Å²) in [6, 6.07) is 3.60. The van der Waals surface area contributed by atoms with Gasteiger partial charge in [0.1, 0.15) is 11.2 Å². The van der Waals surface area contributed by atoms with E-state index in [-0.39, 0.29) is 11.7 Å². The fraction of sp³-hybridized carbons (Fsp3) is 0.500. The molecule has 7 nitrogen and oxygen atoms in total. The fourth-order valence-corrected chi connectivity index (χ4v) is 2.54. The average molecular weight is 291 g/mol. The fourth-order valence-electron chi connectivity index (χ4n) is 2.54. The highest BCUT2D eigenvalue weighted by Gasteiger charge is 2.40. The summed E-state index contributed by atoms with van der Waals surface area (Å²) in [6.07, 6.45) is 2.76. The van der Waals surface area contributed by atoms with E-state index in [2.05, 4.69) is 20.4 Å². The minimum Gasteiger partial charge on any atom is -0.409 e. The zero-order chi connectivity index (χ0) is 15.5. The zero-order valence-electron chi connectivity index (χ0n) is 12.3. The minimum atomic E-state index is -0.817. The van der Waals surface area contributed by atoms with Gasteiger partial charge in [-0.1, -0.05) is 11.2 Å². The lowest BCUT2D eigenvalue weighted by atomic mass is 9.86. The number of likely N-dealkylation sites (tertiary alicyclic amines) is 1. The number of nitrogens with two attached hydrogens (primary N) is 1. The molecule has 1 fully saturated rings. The van der Waals surface area contributed by atoms with Crippen LogP contribution >= 0.6 is 0 Å². The first-order valence-corrected chi connectivity index (χ1v) is 6.89. The van der Waals surface area contributed by atoms with Gasteiger partial charge in [0.25, 0.3) is 5.91 Å². The highest BCUT2D eigenvalue weighted by Crippen LogP contribution is 2.22. The Morgan fingerprint density at radius 2 is 2.19 bits per heavy atom. The molecule has 114 valence electrons. The van der Waals surface area contributed by atoms with E-state index in [1.54, 1.807) is 12.3 Å². The highest BCUT2D eigenvalue weighted by atomic mass is 16.4. The van der Waals surface area contributed by atoms with Crippen LogP contribution < -0.4 is 11.1 Å². The Labute approximate surface area is 123 Å². The molecule has 1 saturated heterocycles. The van der Waals surface area contributed by atoms with Crippen molar-refractivity contribution in [1.29, 1.82) is 0 Å². The van der Waals surface area contributed by atoms with Gasteiger partial charge >= 0.3 is 0 Å². The highest BCUT2D eigenvalue weighted by molar-refractivity contribution is 6.00. The number of carbonyl (C=O) groups is 1. The largest absolute Gasteiger partial charge is 0.409 e. The summed E-state index contributed by atoms with van der Waals surface area (Å²) < 4.78 is 0. The molecule has 0 aromatic carbocycles. The van der Waals surface area contributed by atoms with Crippen LogP contribution in [0, 0.1) is 6.92 Å². The van der Waals surface area contributed by atoms with Crippen LogP contribution in [-0.4, -0.2) is 52.5 Å². The van der Waals surface area contributed by atoms with Gasteiger partial charge in [-0.25, -0.2) is 0 Å². The van der Waals surface area contributed by atoms with Gasteiger partial charge in [0.05, 0.1) is 0 Å². The molecule has 2 rings (SSSR count). The zero-order valence-corrected chi connectivity index (χ0v) is 12.3. The van der Waals surface area contributed by atoms with Crippen LogP contribution in [0.5, 0.6) is 0 Å². The first kappa shape index (κ1) is 15.2. The van der Waals surface area contributed by atoms with E-state index in [1.807, 2.05) is 20.0 Å². The molecule has 0 bridgehead atoms. The van der Waals surface area contributed by atoms with Crippen LogP contribution in [-0.2, 0) is 0 Å². The third-order valence-electron chi connectivity index (χ3n) is 4.02. The molecule has 0 spiro atoms. The summed E-state index contributed by atoms with van der Waals surface area (Å²) >= 11 is 0. The third-order valence-corrected chi connectivity index (χ3v) is 4.02. The van der Waals surface area contributed by atoms with Crippen LogP contribution in [0.25, 0.3) is 0 Å². The number of amides is 1. The molecule has 1 amide bonds. The molecule has 1 aromatic heterocycles. The molecule has 0 unspecified atom stereocenters. The predicted octanol–water partition coefficient (Wildman–Crippen LogP) is 0.331.